The highest BCUT2D eigenvalue weighted by Crippen LogP contribution is 2.25. The molecular weight excluding hydrogens is 543 g/mol. The average molecular weight is 576 g/mol. The number of hydrogen-bond donors (Lipinski definition) is 0. The molecule has 0 bridgehead atoms. The van der Waals surface area contributed by atoms with Gasteiger partial charge in [0.05, 0.1) is 13.1 Å². The highest BCUT2D eigenvalue weighted by Gasteiger charge is 2.29. The molecular formula is C33H32Cl2N2O3. The van der Waals surface area contributed by atoms with Gasteiger partial charge in [0.2, 0.25) is 0 Å². The molecule has 1 amide bonds. The molecule has 0 unspecified atom stereocenters. The lowest BCUT2D eigenvalue weighted by molar-refractivity contribution is -0.113. The molecule has 0 radical (unpaired) electrons. The zero-order valence-corrected chi connectivity index (χ0v) is 23.8. The summed E-state index contributed by atoms with van der Waals surface area (Å²) >= 11 is 12.1. The van der Waals surface area contributed by atoms with Crippen molar-refractivity contribution in [2.45, 2.75) is 19.3 Å². The molecule has 2 aliphatic heterocycles. The summed E-state index contributed by atoms with van der Waals surface area (Å²) in [5, 5.41) is 1.24. The summed E-state index contributed by atoms with van der Waals surface area (Å²) in [6.07, 6.45) is 7.48. The Kier molecular flexibility index (Phi) is 9.38. The molecule has 2 heterocycles. The third-order valence-corrected chi connectivity index (χ3v) is 7.74. The molecule has 3 aromatic rings. The molecule has 7 heteroatoms. The third kappa shape index (κ3) is 7.42. The van der Waals surface area contributed by atoms with Crippen LogP contribution in [0.15, 0.2) is 83.9 Å². The minimum absolute atomic E-state index is 0.0774. The Morgan fingerprint density at radius 3 is 1.80 bits per heavy atom. The monoisotopic (exact) mass is 574 g/mol. The van der Waals surface area contributed by atoms with Crippen molar-refractivity contribution in [2.75, 3.05) is 39.3 Å². The first-order chi connectivity index (χ1) is 19.4. The van der Waals surface area contributed by atoms with E-state index < -0.39 is 0 Å². The Balaban J connectivity index is 1.32. The summed E-state index contributed by atoms with van der Waals surface area (Å²) in [5.41, 5.74) is 3.33. The van der Waals surface area contributed by atoms with Gasteiger partial charge in [-0.25, -0.2) is 0 Å². The molecule has 206 valence electrons. The standard InChI is InChI=1S/C33H32Cl2N2O3/c34-29-10-4-24(5-11-29)20-27-22-37(23-28(32(27)38)21-25-6-12-30(35)13-7-25)33(39)26-8-14-31(15-9-26)40-19-18-36-16-2-1-3-17-36/h4-15,20-21H,1-3,16-19,22-23H2/b27-20+,28-21+. The van der Waals surface area contributed by atoms with Gasteiger partial charge in [-0.1, -0.05) is 53.9 Å². The van der Waals surface area contributed by atoms with Gasteiger partial charge in [0.15, 0.2) is 5.78 Å². The van der Waals surface area contributed by atoms with Crippen molar-refractivity contribution in [3.8, 4) is 5.75 Å². The lowest BCUT2D eigenvalue weighted by atomic mass is 9.93. The second kappa shape index (κ2) is 13.3. The third-order valence-electron chi connectivity index (χ3n) is 7.24. The van der Waals surface area contributed by atoms with Gasteiger partial charge in [0, 0.05) is 33.3 Å². The molecule has 2 saturated heterocycles. The summed E-state index contributed by atoms with van der Waals surface area (Å²) in [6, 6.07) is 21.8. The van der Waals surface area contributed by atoms with Crippen molar-refractivity contribution in [2.24, 2.45) is 0 Å². The van der Waals surface area contributed by atoms with E-state index in [1.807, 2.05) is 48.6 Å². The molecule has 2 aliphatic rings. The van der Waals surface area contributed by atoms with Crippen molar-refractivity contribution in [1.82, 2.24) is 9.80 Å². The van der Waals surface area contributed by atoms with Crippen LogP contribution in [-0.4, -0.2) is 60.8 Å². The molecule has 0 spiro atoms. The van der Waals surface area contributed by atoms with Crippen molar-refractivity contribution in [3.63, 3.8) is 0 Å². The van der Waals surface area contributed by atoms with Crippen LogP contribution in [0.2, 0.25) is 10.0 Å². The maximum atomic E-state index is 13.6. The smallest absolute Gasteiger partial charge is 0.254 e. The summed E-state index contributed by atoms with van der Waals surface area (Å²) in [7, 11) is 0. The lowest BCUT2D eigenvalue weighted by Gasteiger charge is -2.30. The number of piperidine rings is 2. The second-order valence-corrected chi connectivity index (χ2v) is 11.1. The summed E-state index contributed by atoms with van der Waals surface area (Å²) in [5.74, 6) is 0.525. The van der Waals surface area contributed by atoms with Crippen LogP contribution in [0.3, 0.4) is 0 Å². The van der Waals surface area contributed by atoms with Crippen molar-refractivity contribution in [3.05, 3.63) is 111 Å². The zero-order chi connectivity index (χ0) is 27.9. The van der Waals surface area contributed by atoms with Crippen LogP contribution in [0, 0.1) is 0 Å². The van der Waals surface area contributed by atoms with Crippen molar-refractivity contribution < 1.29 is 14.3 Å². The zero-order valence-electron chi connectivity index (χ0n) is 22.3. The van der Waals surface area contributed by atoms with Crippen molar-refractivity contribution >= 4 is 47.0 Å². The van der Waals surface area contributed by atoms with E-state index in [9.17, 15) is 9.59 Å². The van der Waals surface area contributed by atoms with Gasteiger partial charge in [-0.2, -0.15) is 0 Å². The second-order valence-electron chi connectivity index (χ2n) is 10.2. The Morgan fingerprint density at radius 1 is 0.750 bits per heavy atom. The van der Waals surface area contributed by atoms with E-state index in [0.29, 0.717) is 33.4 Å². The van der Waals surface area contributed by atoms with Gasteiger partial charge >= 0.3 is 0 Å². The summed E-state index contributed by atoms with van der Waals surface area (Å²) < 4.78 is 5.94. The number of hydrogen-bond acceptors (Lipinski definition) is 4. The molecule has 40 heavy (non-hydrogen) atoms. The van der Waals surface area contributed by atoms with E-state index in [1.165, 1.54) is 19.3 Å². The van der Waals surface area contributed by atoms with E-state index >= 15 is 0 Å². The van der Waals surface area contributed by atoms with Crippen LogP contribution in [0.1, 0.15) is 40.7 Å². The molecule has 0 atom stereocenters. The number of carbonyl (C=O) groups excluding carboxylic acids is 2. The van der Waals surface area contributed by atoms with E-state index in [0.717, 1.165) is 36.5 Å². The number of benzene rings is 3. The minimum atomic E-state index is -0.142. The van der Waals surface area contributed by atoms with E-state index in [2.05, 4.69) is 4.90 Å². The first-order valence-electron chi connectivity index (χ1n) is 13.7. The largest absolute Gasteiger partial charge is 0.492 e. The number of likely N-dealkylation sites (tertiary alicyclic amines) is 2. The first-order valence-corrected chi connectivity index (χ1v) is 14.4. The molecule has 0 N–H and O–H groups in total. The summed E-state index contributed by atoms with van der Waals surface area (Å²) in [4.78, 5) is 31.2. The first kappa shape index (κ1) is 28.2. The highest BCUT2D eigenvalue weighted by molar-refractivity contribution is 6.31. The number of ketones is 1. The minimum Gasteiger partial charge on any atom is -0.492 e. The SMILES string of the molecule is O=C1/C(=C/c2ccc(Cl)cc2)CN(C(=O)c2ccc(OCCN3CCCCC3)cc2)C/C1=C\c1ccc(Cl)cc1. The van der Waals surface area contributed by atoms with Crippen LogP contribution in [0.5, 0.6) is 5.75 Å². The van der Waals surface area contributed by atoms with Crippen LogP contribution < -0.4 is 4.74 Å². The van der Waals surface area contributed by atoms with Gasteiger partial charge < -0.3 is 9.64 Å². The normalized spacial score (nSPS) is 18.4. The van der Waals surface area contributed by atoms with Gasteiger partial charge in [-0.3, -0.25) is 14.5 Å². The van der Waals surface area contributed by atoms with Crippen LogP contribution >= 0.6 is 23.2 Å². The van der Waals surface area contributed by atoms with Gasteiger partial charge in [0.25, 0.3) is 5.91 Å². The maximum Gasteiger partial charge on any atom is 0.254 e. The van der Waals surface area contributed by atoms with Crippen LogP contribution in [0.25, 0.3) is 12.2 Å². The molecule has 0 aromatic heterocycles. The Labute approximate surface area is 245 Å². The number of halogens is 2. The predicted molar refractivity (Wildman–Crippen MR) is 162 cm³/mol. The quantitative estimate of drug-likeness (QED) is 0.284. The molecule has 0 saturated carbocycles. The number of rotatable bonds is 7. The lowest BCUT2D eigenvalue weighted by Crippen LogP contribution is -2.41. The fraction of sp³-hybridized carbons (Fsp3) is 0.273. The fourth-order valence-electron chi connectivity index (χ4n) is 5.06. The van der Waals surface area contributed by atoms with Crippen LogP contribution in [-0.2, 0) is 4.79 Å². The Hall–Kier alpha value is -3.38. The molecule has 0 aliphatic carbocycles. The number of ether oxygens (including phenoxy) is 1. The fourth-order valence-corrected chi connectivity index (χ4v) is 5.31. The van der Waals surface area contributed by atoms with Gasteiger partial charge in [0.1, 0.15) is 12.4 Å². The molecule has 2 fully saturated rings. The topological polar surface area (TPSA) is 49.9 Å². The number of amides is 1. The molecule has 5 rings (SSSR count). The van der Waals surface area contributed by atoms with E-state index in [4.69, 9.17) is 27.9 Å². The molecule has 3 aromatic carbocycles. The number of carbonyl (C=O) groups is 2. The average Bonchev–Trinajstić information content (AvgIpc) is 2.98. The molecule has 5 nitrogen and oxygen atoms in total. The predicted octanol–water partition coefficient (Wildman–Crippen LogP) is 7.05. The Morgan fingerprint density at radius 2 is 1.27 bits per heavy atom. The highest BCUT2D eigenvalue weighted by atomic mass is 35.5. The van der Waals surface area contributed by atoms with Crippen molar-refractivity contribution in [1.29, 1.82) is 0 Å². The van der Waals surface area contributed by atoms with Gasteiger partial charge in [-0.05, 0) is 97.7 Å². The van der Waals surface area contributed by atoms with Crippen LogP contribution in [0.4, 0.5) is 0 Å². The maximum absolute atomic E-state index is 13.6. The summed E-state index contributed by atoms with van der Waals surface area (Å²) in [6.45, 7) is 4.24. The van der Waals surface area contributed by atoms with E-state index in [1.54, 1.807) is 41.3 Å². The van der Waals surface area contributed by atoms with E-state index in [-0.39, 0.29) is 24.8 Å². The number of nitrogens with zero attached hydrogens (tertiary/aromatic N) is 2. The number of Topliss-reactive ketones (excluding diaryl/α,β-unsaturated/α-hetero) is 1. The Bertz CT molecular complexity index is 1320. The van der Waals surface area contributed by atoms with Gasteiger partial charge in [-0.15, -0.1) is 0 Å².